The Labute approximate surface area is 199 Å². The molecule has 2 aliphatic heterocycles. The Balaban J connectivity index is 1.37. The van der Waals surface area contributed by atoms with Gasteiger partial charge in [-0.1, -0.05) is 30.3 Å². The molecule has 0 aliphatic carbocycles. The topological polar surface area (TPSA) is 90.5 Å². The van der Waals surface area contributed by atoms with Crippen LogP contribution in [0.15, 0.2) is 54.6 Å². The molecule has 2 aromatic carbocycles. The smallest absolute Gasteiger partial charge is 0.247 e. The van der Waals surface area contributed by atoms with Crippen LogP contribution in [0.4, 0.5) is 10.1 Å². The molecule has 7 nitrogen and oxygen atoms in total. The fraction of sp³-hybridized carbons (Fsp3) is 0.423. The maximum absolute atomic E-state index is 13.2. The third kappa shape index (κ3) is 6.20. The van der Waals surface area contributed by atoms with Gasteiger partial charge in [0.2, 0.25) is 17.7 Å². The molecule has 0 spiro atoms. The first kappa shape index (κ1) is 23.9. The fourth-order valence-electron chi connectivity index (χ4n) is 4.59. The van der Waals surface area contributed by atoms with Crippen LogP contribution in [0.2, 0.25) is 0 Å². The van der Waals surface area contributed by atoms with Gasteiger partial charge in [0.15, 0.2) is 0 Å². The molecule has 3 N–H and O–H groups in total. The van der Waals surface area contributed by atoms with E-state index in [0.717, 1.165) is 24.9 Å². The van der Waals surface area contributed by atoms with Crippen molar-refractivity contribution in [1.82, 2.24) is 15.5 Å². The summed E-state index contributed by atoms with van der Waals surface area (Å²) in [6, 6.07) is 14.1. The second-order valence-corrected chi connectivity index (χ2v) is 9.00. The number of piperidine rings is 1. The lowest BCUT2D eigenvalue weighted by Crippen LogP contribution is -2.51. The highest BCUT2D eigenvalue weighted by Gasteiger charge is 2.33. The van der Waals surface area contributed by atoms with Crippen LogP contribution in [0.3, 0.4) is 0 Å². The minimum atomic E-state index is -0.776. The van der Waals surface area contributed by atoms with Crippen LogP contribution in [0.1, 0.15) is 31.2 Å². The Bertz CT molecular complexity index is 985. The average Bonchev–Trinajstić information content (AvgIpc) is 3.40. The van der Waals surface area contributed by atoms with E-state index in [9.17, 15) is 18.8 Å². The largest absolute Gasteiger partial charge is 0.344 e. The van der Waals surface area contributed by atoms with Gasteiger partial charge >= 0.3 is 0 Å². The molecule has 3 amide bonds. The monoisotopic (exact) mass is 466 g/mol. The molecule has 2 aliphatic rings. The summed E-state index contributed by atoms with van der Waals surface area (Å²) in [7, 11) is 0. The number of halogens is 1. The molecule has 2 atom stereocenters. The number of amides is 3. The van der Waals surface area contributed by atoms with E-state index < -0.39 is 6.04 Å². The molecular weight excluding hydrogens is 435 g/mol. The number of nitrogens with one attached hydrogen (secondary N) is 3. The first-order valence-electron chi connectivity index (χ1n) is 11.9. The Hall–Kier alpha value is -3.26. The molecule has 0 radical (unpaired) electrons. The molecule has 0 saturated carbocycles. The molecule has 0 aromatic heterocycles. The third-order valence-corrected chi connectivity index (χ3v) is 6.56. The van der Waals surface area contributed by atoms with Crippen molar-refractivity contribution < 1.29 is 18.8 Å². The van der Waals surface area contributed by atoms with E-state index >= 15 is 0 Å². The van der Waals surface area contributed by atoms with E-state index in [1.807, 2.05) is 35.2 Å². The van der Waals surface area contributed by atoms with Crippen molar-refractivity contribution in [3.8, 4) is 0 Å². The van der Waals surface area contributed by atoms with E-state index in [4.69, 9.17) is 0 Å². The lowest BCUT2D eigenvalue weighted by atomic mass is 9.94. The summed E-state index contributed by atoms with van der Waals surface area (Å²) in [6.45, 7) is 1.96. The van der Waals surface area contributed by atoms with Crippen LogP contribution < -0.4 is 16.0 Å². The van der Waals surface area contributed by atoms with Gasteiger partial charge in [0.25, 0.3) is 0 Å². The van der Waals surface area contributed by atoms with Gasteiger partial charge in [-0.15, -0.1) is 0 Å². The normalized spacial score (nSPS) is 19.4. The zero-order chi connectivity index (χ0) is 23.9. The van der Waals surface area contributed by atoms with Crippen molar-refractivity contribution in [2.75, 3.05) is 25.0 Å². The van der Waals surface area contributed by atoms with Gasteiger partial charge in [-0.2, -0.15) is 0 Å². The zero-order valence-corrected chi connectivity index (χ0v) is 19.1. The Morgan fingerprint density at radius 3 is 2.35 bits per heavy atom. The number of hydrogen-bond acceptors (Lipinski definition) is 4. The predicted molar refractivity (Wildman–Crippen MR) is 127 cm³/mol. The molecule has 34 heavy (non-hydrogen) atoms. The van der Waals surface area contributed by atoms with E-state index in [2.05, 4.69) is 16.0 Å². The van der Waals surface area contributed by atoms with E-state index in [-0.39, 0.29) is 35.5 Å². The van der Waals surface area contributed by atoms with Crippen LogP contribution in [0, 0.1) is 11.7 Å². The second-order valence-electron chi connectivity index (χ2n) is 9.00. The molecular formula is C26H31FN4O3. The molecule has 4 rings (SSSR count). The first-order chi connectivity index (χ1) is 16.5. The number of carbonyl (C=O) groups is 3. The summed E-state index contributed by atoms with van der Waals surface area (Å²) in [5.74, 6) is -1.06. The van der Waals surface area contributed by atoms with E-state index in [1.54, 1.807) is 0 Å². The number of benzene rings is 2. The van der Waals surface area contributed by atoms with Gasteiger partial charge in [0.1, 0.15) is 11.9 Å². The minimum Gasteiger partial charge on any atom is -0.344 e. The molecule has 2 heterocycles. The maximum Gasteiger partial charge on any atom is 0.247 e. The summed E-state index contributed by atoms with van der Waals surface area (Å²) in [5, 5.41) is 8.93. The standard InChI is InChI=1S/C26H31FN4O3/c27-20-8-10-21(11-9-20)29-25(33)23(17-18-5-2-1-3-6-18)30-24(32)19-12-15-31(16-13-19)26(34)22-7-4-14-28-22/h1-3,5-6,8-11,19,22-23,28H,4,7,12-17H2,(H,29,33)(H,30,32)/t22-,23-/m0/s1. The Morgan fingerprint density at radius 1 is 1.00 bits per heavy atom. The molecule has 180 valence electrons. The Kier molecular flexibility index (Phi) is 7.90. The highest BCUT2D eigenvalue weighted by atomic mass is 19.1. The van der Waals surface area contributed by atoms with Crippen molar-refractivity contribution in [3.05, 3.63) is 66.0 Å². The summed E-state index contributed by atoms with van der Waals surface area (Å²) < 4.78 is 13.2. The number of likely N-dealkylation sites (tertiary alicyclic amines) is 1. The summed E-state index contributed by atoms with van der Waals surface area (Å²) in [5.41, 5.74) is 1.39. The van der Waals surface area contributed by atoms with Gasteiger partial charge in [-0.05, 0) is 62.1 Å². The van der Waals surface area contributed by atoms with Crippen LogP contribution >= 0.6 is 0 Å². The van der Waals surface area contributed by atoms with E-state index in [1.165, 1.54) is 24.3 Å². The highest BCUT2D eigenvalue weighted by Crippen LogP contribution is 2.20. The van der Waals surface area contributed by atoms with E-state index in [0.29, 0.717) is 38.0 Å². The number of nitrogens with zero attached hydrogens (tertiary/aromatic N) is 1. The van der Waals surface area contributed by atoms with Crippen LogP contribution in [0.25, 0.3) is 0 Å². The van der Waals surface area contributed by atoms with Gasteiger partial charge in [0.05, 0.1) is 6.04 Å². The fourth-order valence-corrected chi connectivity index (χ4v) is 4.59. The molecule has 2 fully saturated rings. The zero-order valence-electron chi connectivity index (χ0n) is 19.1. The van der Waals surface area contributed by atoms with Gasteiger partial charge in [0, 0.05) is 31.1 Å². The van der Waals surface area contributed by atoms with Crippen molar-refractivity contribution in [2.24, 2.45) is 5.92 Å². The van der Waals surface area contributed by atoms with Crippen molar-refractivity contribution in [1.29, 1.82) is 0 Å². The number of anilines is 1. The highest BCUT2D eigenvalue weighted by molar-refractivity contribution is 5.97. The maximum atomic E-state index is 13.2. The predicted octanol–water partition coefficient (Wildman–Crippen LogP) is 2.48. The van der Waals surface area contributed by atoms with Crippen LogP contribution in [-0.2, 0) is 20.8 Å². The lowest BCUT2D eigenvalue weighted by Gasteiger charge is -2.33. The van der Waals surface area contributed by atoms with Crippen molar-refractivity contribution >= 4 is 23.4 Å². The van der Waals surface area contributed by atoms with Crippen LogP contribution in [0.5, 0.6) is 0 Å². The minimum absolute atomic E-state index is 0.101. The Morgan fingerprint density at radius 2 is 1.71 bits per heavy atom. The third-order valence-electron chi connectivity index (χ3n) is 6.56. The molecule has 0 bridgehead atoms. The van der Waals surface area contributed by atoms with Crippen molar-refractivity contribution in [3.63, 3.8) is 0 Å². The molecule has 2 saturated heterocycles. The SMILES string of the molecule is O=C(N[C@@H](Cc1ccccc1)C(=O)Nc1ccc(F)cc1)C1CCN(C(=O)[C@@H]2CCCN2)CC1. The van der Waals surface area contributed by atoms with Crippen LogP contribution in [-0.4, -0.2) is 54.3 Å². The molecule has 8 heteroatoms. The second kappa shape index (κ2) is 11.2. The number of hydrogen-bond donors (Lipinski definition) is 3. The molecule has 2 aromatic rings. The number of rotatable bonds is 7. The number of carbonyl (C=O) groups excluding carboxylic acids is 3. The lowest BCUT2D eigenvalue weighted by molar-refractivity contribution is -0.137. The van der Waals surface area contributed by atoms with Gasteiger partial charge in [-0.3, -0.25) is 14.4 Å². The average molecular weight is 467 g/mol. The first-order valence-corrected chi connectivity index (χ1v) is 11.9. The summed E-state index contributed by atoms with van der Waals surface area (Å²) >= 11 is 0. The summed E-state index contributed by atoms with van der Waals surface area (Å²) in [6.07, 6.45) is 3.36. The molecule has 0 unspecified atom stereocenters. The quantitative estimate of drug-likeness (QED) is 0.585. The van der Waals surface area contributed by atoms with Crippen molar-refractivity contribution in [2.45, 2.75) is 44.2 Å². The van der Waals surface area contributed by atoms with Gasteiger partial charge in [-0.25, -0.2) is 4.39 Å². The summed E-state index contributed by atoms with van der Waals surface area (Å²) in [4.78, 5) is 40.6. The van der Waals surface area contributed by atoms with Gasteiger partial charge < -0.3 is 20.9 Å².